The van der Waals surface area contributed by atoms with Crippen LogP contribution >= 0.6 is 0 Å². The standard InChI is InChI=1S/C18H29N3O/c1-14(15(2)19)18(22)20-17-9-7-16(8-10-17)13-21-11-5-3-4-6-12-21/h7-10,14-15H,3-6,11-13,19H2,1-2H3,(H,20,22). The Morgan fingerprint density at radius 1 is 1.14 bits per heavy atom. The minimum absolute atomic E-state index is 0.0183. The van der Waals surface area contributed by atoms with Gasteiger partial charge in [-0.2, -0.15) is 0 Å². The molecule has 3 N–H and O–H groups in total. The van der Waals surface area contributed by atoms with Gasteiger partial charge in [-0.1, -0.05) is 31.9 Å². The molecule has 1 aliphatic heterocycles. The second kappa shape index (κ2) is 8.30. The summed E-state index contributed by atoms with van der Waals surface area (Å²) >= 11 is 0. The summed E-state index contributed by atoms with van der Waals surface area (Å²) in [5.74, 6) is -0.202. The molecule has 2 atom stereocenters. The summed E-state index contributed by atoms with van der Waals surface area (Å²) in [6, 6.07) is 8.05. The zero-order valence-corrected chi connectivity index (χ0v) is 13.8. The van der Waals surface area contributed by atoms with Crippen LogP contribution in [-0.4, -0.2) is 29.9 Å². The van der Waals surface area contributed by atoms with Crippen LogP contribution in [0.5, 0.6) is 0 Å². The fourth-order valence-corrected chi connectivity index (χ4v) is 2.74. The fraction of sp³-hybridized carbons (Fsp3) is 0.611. The molecule has 0 aromatic heterocycles. The first kappa shape index (κ1) is 17.0. The molecule has 2 unspecified atom stereocenters. The van der Waals surface area contributed by atoms with Crippen molar-refractivity contribution in [3.05, 3.63) is 29.8 Å². The van der Waals surface area contributed by atoms with Gasteiger partial charge in [-0.3, -0.25) is 9.69 Å². The molecule has 0 radical (unpaired) electrons. The molecule has 22 heavy (non-hydrogen) atoms. The van der Waals surface area contributed by atoms with E-state index in [4.69, 9.17) is 5.73 Å². The van der Waals surface area contributed by atoms with E-state index in [1.165, 1.54) is 44.3 Å². The molecule has 2 rings (SSSR count). The van der Waals surface area contributed by atoms with Crippen LogP contribution in [0.3, 0.4) is 0 Å². The maximum absolute atomic E-state index is 12.0. The van der Waals surface area contributed by atoms with Gasteiger partial charge in [-0.15, -0.1) is 0 Å². The molecule has 1 aromatic rings. The maximum atomic E-state index is 12.0. The summed E-state index contributed by atoms with van der Waals surface area (Å²) in [5.41, 5.74) is 7.92. The number of carbonyl (C=O) groups is 1. The number of amides is 1. The highest BCUT2D eigenvalue weighted by atomic mass is 16.1. The molecule has 4 heteroatoms. The van der Waals surface area contributed by atoms with Crippen LogP contribution in [0.1, 0.15) is 45.1 Å². The van der Waals surface area contributed by atoms with Crippen LogP contribution in [0.15, 0.2) is 24.3 Å². The first-order valence-electron chi connectivity index (χ1n) is 8.44. The molecule has 122 valence electrons. The number of nitrogens with one attached hydrogen (secondary N) is 1. The first-order valence-corrected chi connectivity index (χ1v) is 8.44. The molecule has 1 aromatic carbocycles. The van der Waals surface area contributed by atoms with E-state index >= 15 is 0 Å². The average molecular weight is 303 g/mol. The third-order valence-electron chi connectivity index (χ3n) is 4.53. The topological polar surface area (TPSA) is 58.4 Å². The molecule has 0 aliphatic carbocycles. The molecule has 1 aliphatic rings. The van der Waals surface area contributed by atoms with E-state index in [1.807, 2.05) is 26.0 Å². The van der Waals surface area contributed by atoms with Crippen LogP contribution in [0.4, 0.5) is 5.69 Å². The van der Waals surface area contributed by atoms with Crippen molar-refractivity contribution in [2.45, 2.75) is 52.1 Å². The van der Waals surface area contributed by atoms with Gasteiger partial charge in [0.1, 0.15) is 0 Å². The van der Waals surface area contributed by atoms with Gasteiger partial charge in [0.15, 0.2) is 0 Å². The Morgan fingerprint density at radius 2 is 1.73 bits per heavy atom. The van der Waals surface area contributed by atoms with E-state index in [2.05, 4.69) is 22.3 Å². The minimum Gasteiger partial charge on any atom is -0.327 e. The number of anilines is 1. The van der Waals surface area contributed by atoms with Crippen LogP contribution in [-0.2, 0) is 11.3 Å². The second-order valence-corrected chi connectivity index (χ2v) is 6.52. The number of hydrogen-bond donors (Lipinski definition) is 2. The molecule has 0 saturated carbocycles. The summed E-state index contributed by atoms with van der Waals surface area (Å²) in [6.45, 7) is 7.11. The Morgan fingerprint density at radius 3 is 2.27 bits per heavy atom. The molecule has 1 amide bonds. The van der Waals surface area contributed by atoms with E-state index in [0.717, 1.165) is 12.2 Å². The molecular formula is C18H29N3O. The predicted octanol–water partition coefficient (Wildman–Crippen LogP) is 2.98. The zero-order valence-electron chi connectivity index (χ0n) is 13.8. The van der Waals surface area contributed by atoms with E-state index < -0.39 is 0 Å². The number of hydrogen-bond acceptors (Lipinski definition) is 3. The molecular weight excluding hydrogens is 274 g/mol. The fourth-order valence-electron chi connectivity index (χ4n) is 2.74. The minimum atomic E-state index is -0.184. The average Bonchev–Trinajstić information content (AvgIpc) is 2.77. The van der Waals surface area contributed by atoms with Gasteiger partial charge < -0.3 is 11.1 Å². The largest absolute Gasteiger partial charge is 0.327 e. The SMILES string of the molecule is CC(N)C(C)C(=O)Nc1ccc(CN2CCCCCC2)cc1. The van der Waals surface area contributed by atoms with E-state index in [-0.39, 0.29) is 17.9 Å². The lowest BCUT2D eigenvalue weighted by Gasteiger charge is -2.20. The lowest BCUT2D eigenvalue weighted by molar-refractivity contribution is -0.119. The Hall–Kier alpha value is -1.39. The highest BCUT2D eigenvalue weighted by Gasteiger charge is 2.17. The summed E-state index contributed by atoms with van der Waals surface area (Å²) < 4.78 is 0. The summed E-state index contributed by atoms with van der Waals surface area (Å²) in [4.78, 5) is 14.5. The zero-order chi connectivity index (χ0) is 15.9. The maximum Gasteiger partial charge on any atom is 0.228 e. The number of nitrogens with zero attached hydrogens (tertiary/aromatic N) is 1. The van der Waals surface area contributed by atoms with Crippen molar-refractivity contribution in [2.75, 3.05) is 18.4 Å². The lowest BCUT2D eigenvalue weighted by Crippen LogP contribution is -2.34. The second-order valence-electron chi connectivity index (χ2n) is 6.52. The van der Waals surface area contributed by atoms with Crippen LogP contribution < -0.4 is 11.1 Å². The van der Waals surface area contributed by atoms with Crippen LogP contribution in [0.25, 0.3) is 0 Å². The molecule has 0 spiro atoms. The van der Waals surface area contributed by atoms with Crippen molar-refractivity contribution in [2.24, 2.45) is 11.7 Å². The molecule has 0 bridgehead atoms. The highest BCUT2D eigenvalue weighted by molar-refractivity contribution is 5.92. The van der Waals surface area contributed by atoms with Crippen molar-refractivity contribution < 1.29 is 4.79 Å². The van der Waals surface area contributed by atoms with Gasteiger partial charge >= 0.3 is 0 Å². The molecule has 1 heterocycles. The molecule has 1 saturated heterocycles. The lowest BCUT2D eigenvalue weighted by atomic mass is 10.0. The molecule has 4 nitrogen and oxygen atoms in total. The predicted molar refractivity (Wildman–Crippen MR) is 91.6 cm³/mol. The van der Waals surface area contributed by atoms with Crippen molar-refractivity contribution in [1.29, 1.82) is 0 Å². The van der Waals surface area contributed by atoms with Crippen LogP contribution in [0.2, 0.25) is 0 Å². The third-order valence-corrected chi connectivity index (χ3v) is 4.53. The van der Waals surface area contributed by atoms with Crippen molar-refractivity contribution in [3.8, 4) is 0 Å². The Balaban J connectivity index is 1.88. The number of carbonyl (C=O) groups excluding carboxylic acids is 1. The number of benzene rings is 1. The summed E-state index contributed by atoms with van der Waals surface area (Å²) in [7, 11) is 0. The summed E-state index contributed by atoms with van der Waals surface area (Å²) in [6.07, 6.45) is 5.34. The Kier molecular flexibility index (Phi) is 6.40. The van der Waals surface area contributed by atoms with Gasteiger partial charge in [-0.05, 0) is 50.6 Å². The normalized spacial score (nSPS) is 19.2. The van der Waals surface area contributed by atoms with Gasteiger partial charge in [0.2, 0.25) is 5.91 Å². The highest BCUT2D eigenvalue weighted by Crippen LogP contribution is 2.16. The summed E-state index contributed by atoms with van der Waals surface area (Å²) in [5, 5.41) is 2.93. The van der Waals surface area contributed by atoms with Crippen molar-refractivity contribution >= 4 is 11.6 Å². The van der Waals surface area contributed by atoms with Gasteiger partial charge in [0.25, 0.3) is 0 Å². The van der Waals surface area contributed by atoms with E-state index in [9.17, 15) is 4.79 Å². The number of nitrogens with two attached hydrogens (primary N) is 1. The molecule has 1 fully saturated rings. The van der Waals surface area contributed by atoms with Crippen LogP contribution in [0, 0.1) is 5.92 Å². The number of rotatable bonds is 5. The number of likely N-dealkylation sites (tertiary alicyclic amines) is 1. The van der Waals surface area contributed by atoms with Crippen molar-refractivity contribution in [1.82, 2.24) is 4.90 Å². The van der Waals surface area contributed by atoms with E-state index in [0.29, 0.717) is 0 Å². The smallest absolute Gasteiger partial charge is 0.228 e. The first-order chi connectivity index (χ1) is 10.6. The monoisotopic (exact) mass is 303 g/mol. The van der Waals surface area contributed by atoms with Gasteiger partial charge in [0.05, 0.1) is 5.92 Å². The Labute approximate surface area is 134 Å². The Bertz CT molecular complexity index is 462. The van der Waals surface area contributed by atoms with Gasteiger partial charge in [0, 0.05) is 18.3 Å². The third kappa shape index (κ3) is 5.11. The van der Waals surface area contributed by atoms with Gasteiger partial charge in [-0.25, -0.2) is 0 Å². The van der Waals surface area contributed by atoms with Crippen molar-refractivity contribution in [3.63, 3.8) is 0 Å². The quantitative estimate of drug-likeness (QED) is 0.879. The van der Waals surface area contributed by atoms with E-state index in [1.54, 1.807) is 0 Å².